The second kappa shape index (κ2) is 5.37. The van der Waals surface area contributed by atoms with Crippen molar-refractivity contribution in [2.75, 3.05) is 0 Å². The molecule has 3 rings (SSSR count). The molecule has 1 aliphatic rings. The van der Waals surface area contributed by atoms with Gasteiger partial charge in [0.1, 0.15) is 0 Å². The van der Waals surface area contributed by atoms with E-state index in [9.17, 15) is 0 Å². The summed E-state index contributed by atoms with van der Waals surface area (Å²) in [4.78, 5) is 4.95. The highest BCUT2D eigenvalue weighted by molar-refractivity contribution is 8.22. The zero-order chi connectivity index (χ0) is 13.6. The lowest BCUT2D eigenvalue weighted by atomic mass is 10.1. The molecule has 0 unspecified atom stereocenters. The molecule has 2 aromatic carbocycles. The Labute approximate surface area is 137 Å². The van der Waals surface area contributed by atoms with Gasteiger partial charge in [-0.3, -0.25) is 0 Å². The van der Waals surface area contributed by atoms with Crippen LogP contribution in [0.5, 0.6) is 0 Å². The third kappa shape index (κ3) is 2.36. The highest BCUT2D eigenvalue weighted by Crippen LogP contribution is 2.49. The van der Waals surface area contributed by atoms with E-state index >= 15 is 0 Å². The summed E-state index contributed by atoms with van der Waals surface area (Å²) >= 11 is 18.4. The van der Waals surface area contributed by atoms with Crippen LogP contribution in [-0.2, 0) is 0 Å². The van der Waals surface area contributed by atoms with Gasteiger partial charge in [0.2, 0.25) is 0 Å². The molecule has 0 N–H and O–H groups in total. The molecule has 19 heavy (non-hydrogen) atoms. The summed E-state index contributed by atoms with van der Waals surface area (Å²) in [6, 6.07) is 6.01. The molecule has 0 radical (unpaired) electrons. The second-order valence-corrected chi connectivity index (χ2v) is 7.99. The van der Waals surface area contributed by atoms with E-state index in [0.717, 1.165) is 30.4 Å². The van der Waals surface area contributed by atoms with Crippen molar-refractivity contribution in [3.05, 3.63) is 41.2 Å². The van der Waals surface area contributed by atoms with E-state index in [4.69, 9.17) is 12.6 Å². The van der Waals surface area contributed by atoms with Crippen LogP contribution in [0.15, 0.2) is 65.6 Å². The first-order valence-electron chi connectivity index (χ1n) is 5.62. The Hall–Kier alpha value is -0.0700. The summed E-state index contributed by atoms with van der Waals surface area (Å²) in [5, 5.41) is 6.49. The highest BCUT2D eigenvalue weighted by atomic mass is 32.2. The molecule has 0 bridgehead atoms. The molecular formula is C14H12S5. The maximum atomic E-state index is 4.73. The lowest BCUT2D eigenvalue weighted by Crippen LogP contribution is -1.88. The first-order valence-corrected chi connectivity index (χ1v) is 8.89. The number of rotatable bonds is 1. The van der Waals surface area contributed by atoms with Crippen LogP contribution in [0.1, 0.15) is 0 Å². The van der Waals surface area contributed by atoms with Crippen LogP contribution in [0.25, 0.3) is 10.8 Å². The molecule has 98 valence electrons. The van der Waals surface area contributed by atoms with Gasteiger partial charge in [-0.15, -0.1) is 50.5 Å². The minimum Gasteiger partial charge on any atom is -0.185 e. The first kappa shape index (κ1) is 13.9. The second-order valence-electron chi connectivity index (χ2n) is 4.21. The van der Waals surface area contributed by atoms with Gasteiger partial charge < -0.3 is 0 Å². The molecule has 0 nitrogen and oxygen atoms in total. The van der Waals surface area contributed by atoms with Gasteiger partial charge in [-0.2, -0.15) is 10.9 Å². The van der Waals surface area contributed by atoms with E-state index in [1.807, 2.05) is 12.1 Å². The third-order valence-corrected chi connectivity index (χ3v) is 6.69. The quantitative estimate of drug-likeness (QED) is 0.422. The smallest absolute Gasteiger partial charge is 0.0256 e. The van der Waals surface area contributed by atoms with Gasteiger partial charge in [0.05, 0.1) is 0 Å². The monoisotopic (exact) mass is 340 g/mol. The van der Waals surface area contributed by atoms with E-state index in [1.165, 1.54) is 4.90 Å². The van der Waals surface area contributed by atoms with Gasteiger partial charge >= 0.3 is 0 Å². The Kier molecular flexibility index (Phi) is 3.93. The molecule has 0 spiro atoms. The van der Waals surface area contributed by atoms with E-state index in [2.05, 4.69) is 66.9 Å². The Morgan fingerprint density at radius 1 is 0.737 bits per heavy atom. The fourth-order valence-electron chi connectivity index (χ4n) is 2.17. The topological polar surface area (TPSA) is 0 Å². The standard InChI is InChI=1S/C14H12S5/c15-8-3-4-9(16)13-12(8)10(17)7-11(14(13)18)19-5-1-2-6-19/h1-7,15-19H. The fraction of sp³-hybridized carbons (Fsp3) is 0. The molecule has 2 aromatic rings. The molecule has 0 saturated carbocycles. The van der Waals surface area contributed by atoms with Crippen molar-refractivity contribution in [3.63, 3.8) is 0 Å². The maximum absolute atomic E-state index is 4.73. The fourth-order valence-corrected chi connectivity index (χ4v) is 5.68. The van der Waals surface area contributed by atoms with Crippen molar-refractivity contribution >= 4 is 72.2 Å². The largest absolute Gasteiger partial charge is 0.185 e. The Morgan fingerprint density at radius 2 is 1.32 bits per heavy atom. The molecular weight excluding hydrogens is 328 g/mol. The summed E-state index contributed by atoms with van der Waals surface area (Å²) in [6.45, 7) is 0. The predicted molar refractivity (Wildman–Crippen MR) is 98.5 cm³/mol. The zero-order valence-electron chi connectivity index (χ0n) is 9.78. The van der Waals surface area contributed by atoms with E-state index in [-0.39, 0.29) is 0 Å². The number of allylic oxidation sites excluding steroid dienone is 2. The number of benzene rings is 2. The van der Waals surface area contributed by atoms with Gasteiger partial charge in [0.15, 0.2) is 0 Å². The van der Waals surface area contributed by atoms with Crippen molar-refractivity contribution in [1.82, 2.24) is 0 Å². The molecule has 0 aromatic heterocycles. The number of hydrogen-bond donors (Lipinski definition) is 5. The molecule has 0 atom stereocenters. The van der Waals surface area contributed by atoms with Gasteiger partial charge in [-0.05, 0) is 29.0 Å². The summed E-state index contributed by atoms with van der Waals surface area (Å²) in [7, 11) is -0.418. The van der Waals surface area contributed by atoms with Crippen molar-refractivity contribution in [2.24, 2.45) is 0 Å². The average Bonchev–Trinajstić information content (AvgIpc) is 2.90. The van der Waals surface area contributed by atoms with Gasteiger partial charge in [-0.1, -0.05) is 12.2 Å². The predicted octanol–water partition coefficient (Wildman–Crippen LogP) is 5.40. The van der Waals surface area contributed by atoms with Crippen LogP contribution in [-0.4, -0.2) is 0 Å². The van der Waals surface area contributed by atoms with Crippen molar-refractivity contribution < 1.29 is 0 Å². The van der Waals surface area contributed by atoms with Crippen LogP contribution in [0.2, 0.25) is 0 Å². The van der Waals surface area contributed by atoms with E-state index in [1.54, 1.807) is 0 Å². The lowest BCUT2D eigenvalue weighted by molar-refractivity contribution is 1.22. The SMILES string of the molecule is Sc1ccc(S)c2c(S)c([SH]3C=CC=C3)cc(S)c12. The zero-order valence-corrected chi connectivity index (χ0v) is 14.2. The molecule has 5 heteroatoms. The van der Waals surface area contributed by atoms with Crippen LogP contribution in [0, 0.1) is 0 Å². The van der Waals surface area contributed by atoms with Gasteiger partial charge in [0.25, 0.3) is 0 Å². The van der Waals surface area contributed by atoms with Gasteiger partial charge in [0, 0.05) is 35.2 Å². The summed E-state index contributed by atoms with van der Waals surface area (Å²) in [5.74, 6) is 0. The summed E-state index contributed by atoms with van der Waals surface area (Å²) < 4.78 is 0. The lowest BCUT2D eigenvalue weighted by Gasteiger charge is -2.18. The Morgan fingerprint density at radius 3 is 1.95 bits per heavy atom. The number of hydrogen-bond acceptors (Lipinski definition) is 4. The van der Waals surface area contributed by atoms with Crippen molar-refractivity contribution in [3.8, 4) is 0 Å². The third-order valence-electron chi connectivity index (χ3n) is 3.05. The Bertz CT molecular complexity index is 718. The molecule has 1 aliphatic heterocycles. The minimum absolute atomic E-state index is 0.418. The van der Waals surface area contributed by atoms with Crippen LogP contribution in [0.4, 0.5) is 0 Å². The number of thiol groups is 5. The molecule has 0 fully saturated rings. The highest BCUT2D eigenvalue weighted by Gasteiger charge is 2.15. The Balaban J connectivity index is 2.39. The van der Waals surface area contributed by atoms with Crippen LogP contribution < -0.4 is 0 Å². The molecule has 0 saturated heterocycles. The van der Waals surface area contributed by atoms with E-state index in [0.29, 0.717) is 0 Å². The first-order chi connectivity index (χ1) is 9.09. The van der Waals surface area contributed by atoms with Gasteiger partial charge in [-0.25, -0.2) is 0 Å². The normalized spacial score (nSPS) is 15.7. The molecule has 0 aliphatic carbocycles. The van der Waals surface area contributed by atoms with Crippen molar-refractivity contribution in [1.29, 1.82) is 0 Å². The number of fused-ring (bicyclic) bond motifs is 1. The summed E-state index contributed by atoms with van der Waals surface area (Å²) in [5.41, 5.74) is 0. The summed E-state index contributed by atoms with van der Waals surface area (Å²) in [6.07, 6.45) is 4.16. The van der Waals surface area contributed by atoms with Crippen LogP contribution in [0.3, 0.4) is 0 Å². The van der Waals surface area contributed by atoms with E-state index < -0.39 is 10.9 Å². The van der Waals surface area contributed by atoms with Crippen molar-refractivity contribution in [2.45, 2.75) is 24.5 Å². The maximum Gasteiger partial charge on any atom is 0.0256 e. The van der Waals surface area contributed by atoms with Crippen LogP contribution >= 0.6 is 61.4 Å². The minimum atomic E-state index is -0.418. The average molecular weight is 341 g/mol. The molecule has 1 heterocycles. The molecule has 0 amide bonds.